The van der Waals surface area contributed by atoms with Gasteiger partial charge in [-0.25, -0.2) is 4.98 Å². The van der Waals surface area contributed by atoms with Gasteiger partial charge in [0.25, 0.3) is 0 Å². The Morgan fingerprint density at radius 3 is 2.65 bits per heavy atom. The van der Waals surface area contributed by atoms with Gasteiger partial charge in [-0.15, -0.1) is 0 Å². The van der Waals surface area contributed by atoms with Gasteiger partial charge in [-0.1, -0.05) is 18.5 Å². The van der Waals surface area contributed by atoms with E-state index in [0.29, 0.717) is 12.6 Å². The number of hydrogen-bond acceptors (Lipinski definition) is 3. The molecule has 0 aliphatic rings. The predicted molar refractivity (Wildman–Crippen MR) is 74.8 cm³/mol. The number of nitrogens with zero attached hydrogens (tertiary/aromatic N) is 2. The van der Waals surface area contributed by atoms with E-state index in [2.05, 4.69) is 36.0 Å². The molecule has 17 heavy (non-hydrogen) atoms. The summed E-state index contributed by atoms with van der Waals surface area (Å²) in [7, 11) is 1.90. The predicted octanol–water partition coefficient (Wildman–Crippen LogP) is 3.08. The minimum absolute atomic E-state index is 0.450. The van der Waals surface area contributed by atoms with Crippen molar-refractivity contribution >= 4 is 17.4 Å². The van der Waals surface area contributed by atoms with Gasteiger partial charge in [-0.3, -0.25) is 0 Å². The Bertz CT molecular complexity index is 353. The van der Waals surface area contributed by atoms with E-state index in [4.69, 9.17) is 11.6 Å². The Morgan fingerprint density at radius 2 is 2.12 bits per heavy atom. The third-order valence-electron chi connectivity index (χ3n) is 2.63. The smallest absolute Gasteiger partial charge is 0.129 e. The lowest BCUT2D eigenvalue weighted by atomic mass is 10.2. The zero-order valence-corrected chi connectivity index (χ0v) is 11.9. The van der Waals surface area contributed by atoms with Gasteiger partial charge in [0, 0.05) is 19.1 Å². The van der Waals surface area contributed by atoms with E-state index < -0.39 is 0 Å². The molecule has 96 valence electrons. The number of rotatable bonds is 6. The summed E-state index contributed by atoms with van der Waals surface area (Å²) in [6, 6.07) is 4.38. The molecule has 1 N–H and O–H groups in total. The molecule has 0 aromatic carbocycles. The van der Waals surface area contributed by atoms with Gasteiger partial charge in [0.1, 0.15) is 5.82 Å². The van der Waals surface area contributed by atoms with Gasteiger partial charge in [-0.05, 0) is 39.4 Å². The van der Waals surface area contributed by atoms with Gasteiger partial charge in [-0.2, -0.15) is 0 Å². The number of halogens is 1. The van der Waals surface area contributed by atoms with Crippen molar-refractivity contribution in [1.82, 2.24) is 10.3 Å². The minimum Gasteiger partial charge on any atom is -0.354 e. The fraction of sp³-hybridized carbons (Fsp3) is 0.615. The van der Waals surface area contributed by atoms with Crippen molar-refractivity contribution in [2.24, 2.45) is 0 Å². The SMILES string of the molecule is CCCN(c1ccc(Cl)c(CNC)n1)C(C)C. The molecule has 1 rings (SSSR count). The zero-order chi connectivity index (χ0) is 12.8. The quantitative estimate of drug-likeness (QED) is 0.847. The molecule has 1 aromatic heterocycles. The zero-order valence-electron chi connectivity index (χ0n) is 11.1. The largest absolute Gasteiger partial charge is 0.354 e. The lowest BCUT2D eigenvalue weighted by Gasteiger charge is -2.28. The van der Waals surface area contributed by atoms with Crippen molar-refractivity contribution < 1.29 is 0 Å². The second kappa shape index (κ2) is 6.82. The first-order valence-electron chi connectivity index (χ1n) is 6.16. The summed E-state index contributed by atoms with van der Waals surface area (Å²) in [6.45, 7) is 8.27. The first-order chi connectivity index (χ1) is 8.10. The maximum absolute atomic E-state index is 6.12. The second-order valence-electron chi connectivity index (χ2n) is 4.42. The van der Waals surface area contributed by atoms with Crippen molar-refractivity contribution in [3.63, 3.8) is 0 Å². The van der Waals surface area contributed by atoms with E-state index in [0.717, 1.165) is 29.5 Å². The Hall–Kier alpha value is -0.800. The topological polar surface area (TPSA) is 28.2 Å². The van der Waals surface area contributed by atoms with E-state index in [1.165, 1.54) is 0 Å². The van der Waals surface area contributed by atoms with Gasteiger partial charge in [0.15, 0.2) is 0 Å². The van der Waals surface area contributed by atoms with Crippen LogP contribution < -0.4 is 10.2 Å². The highest BCUT2D eigenvalue weighted by Crippen LogP contribution is 2.21. The molecule has 1 heterocycles. The third-order valence-corrected chi connectivity index (χ3v) is 2.97. The van der Waals surface area contributed by atoms with Crippen LogP contribution in [0.5, 0.6) is 0 Å². The second-order valence-corrected chi connectivity index (χ2v) is 4.82. The van der Waals surface area contributed by atoms with Gasteiger partial charge in [0.05, 0.1) is 10.7 Å². The molecular formula is C13H22ClN3. The molecule has 0 atom stereocenters. The molecule has 0 bridgehead atoms. The van der Waals surface area contributed by atoms with Crippen molar-refractivity contribution in [2.45, 2.75) is 39.8 Å². The normalized spacial score (nSPS) is 10.9. The Kier molecular flexibility index (Phi) is 5.72. The van der Waals surface area contributed by atoms with Crippen molar-refractivity contribution in [2.75, 3.05) is 18.5 Å². The molecule has 0 amide bonds. The van der Waals surface area contributed by atoms with Crippen molar-refractivity contribution in [1.29, 1.82) is 0 Å². The summed E-state index contributed by atoms with van der Waals surface area (Å²) in [5.41, 5.74) is 0.911. The van der Waals surface area contributed by atoms with Crippen molar-refractivity contribution in [3.8, 4) is 0 Å². The lowest BCUT2D eigenvalue weighted by Crippen LogP contribution is -2.32. The van der Waals surface area contributed by atoms with Crippen LogP contribution in [0.3, 0.4) is 0 Å². The highest BCUT2D eigenvalue weighted by Gasteiger charge is 2.12. The molecular weight excluding hydrogens is 234 g/mol. The fourth-order valence-corrected chi connectivity index (χ4v) is 1.97. The first-order valence-corrected chi connectivity index (χ1v) is 6.54. The van der Waals surface area contributed by atoms with Crippen LogP contribution in [-0.4, -0.2) is 24.6 Å². The molecule has 0 aliphatic carbocycles. The van der Waals surface area contributed by atoms with Crippen molar-refractivity contribution in [3.05, 3.63) is 22.8 Å². The molecule has 0 saturated carbocycles. The van der Waals surface area contributed by atoms with E-state index in [-0.39, 0.29) is 0 Å². The van der Waals surface area contributed by atoms with Crippen LogP contribution in [0.25, 0.3) is 0 Å². The Balaban J connectivity index is 2.99. The highest BCUT2D eigenvalue weighted by atomic mass is 35.5. The maximum Gasteiger partial charge on any atom is 0.129 e. The minimum atomic E-state index is 0.450. The molecule has 0 aliphatic heterocycles. The highest BCUT2D eigenvalue weighted by molar-refractivity contribution is 6.31. The van der Waals surface area contributed by atoms with E-state index in [1.807, 2.05) is 19.2 Å². The Labute approximate surface area is 109 Å². The molecule has 1 aromatic rings. The van der Waals surface area contributed by atoms with Crippen LogP contribution in [0.15, 0.2) is 12.1 Å². The van der Waals surface area contributed by atoms with Crippen LogP contribution >= 0.6 is 11.6 Å². The summed E-state index contributed by atoms with van der Waals surface area (Å²) in [4.78, 5) is 6.93. The monoisotopic (exact) mass is 255 g/mol. The van der Waals surface area contributed by atoms with Crippen LogP contribution in [0.1, 0.15) is 32.9 Å². The lowest BCUT2D eigenvalue weighted by molar-refractivity contribution is 0.658. The summed E-state index contributed by atoms with van der Waals surface area (Å²) in [6.07, 6.45) is 1.11. The molecule has 4 heteroatoms. The standard InChI is InChI=1S/C13H22ClN3/c1-5-8-17(10(2)3)13-7-6-11(14)12(16-13)9-15-4/h6-7,10,15H,5,8-9H2,1-4H3. The number of hydrogen-bond donors (Lipinski definition) is 1. The van der Waals surface area contributed by atoms with Gasteiger partial charge < -0.3 is 10.2 Å². The molecule has 0 radical (unpaired) electrons. The number of aromatic nitrogens is 1. The average molecular weight is 256 g/mol. The molecule has 0 saturated heterocycles. The van der Waals surface area contributed by atoms with Crippen LogP contribution in [0.4, 0.5) is 5.82 Å². The van der Waals surface area contributed by atoms with E-state index >= 15 is 0 Å². The van der Waals surface area contributed by atoms with Gasteiger partial charge in [0.2, 0.25) is 0 Å². The van der Waals surface area contributed by atoms with Gasteiger partial charge >= 0.3 is 0 Å². The molecule has 3 nitrogen and oxygen atoms in total. The van der Waals surface area contributed by atoms with Crippen LogP contribution in [0, 0.1) is 0 Å². The maximum atomic E-state index is 6.12. The number of pyridine rings is 1. The summed E-state index contributed by atoms with van der Waals surface area (Å²) < 4.78 is 0. The third kappa shape index (κ3) is 3.86. The summed E-state index contributed by atoms with van der Waals surface area (Å²) >= 11 is 6.12. The van der Waals surface area contributed by atoms with Crippen LogP contribution in [0.2, 0.25) is 5.02 Å². The fourth-order valence-electron chi connectivity index (χ4n) is 1.80. The van der Waals surface area contributed by atoms with Crippen LogP contribution in [-0.2, 0) is 6.54 Å². The summed E-state index contributed by atoms with van der Waals surface area (Å²) in [5.74, 6) is 1.01. The van der Waals surface area contributed by atoms with E-state index in [9.17, 15) is 0 Å². The number of anilines is 1. The Morgan fingerprint density at radius 1 is 1.41 bits per heavy atom. The summed E-state index contributed by atoms with van der Waals surface area (Å²) in [5, 5.41) is 3.81. The first kappa shape index (κ1) is 14.3. The average Bonchev–Trinajstić information content (AvgIpc) is 2.29. The molecule has 0 fully saturated rings. The number of nitrogens with one attached hydrogen (secondary N) is 1. The van der Waals surface area contributed by atoms with E-state index in [1.54, 1.807) is 0 Å². The molecule has 0 unspecified atom stereocenters. The molecule has 0 spiro atoms.